The van der Waals surface area contributed by atoms with E-state index in [0.717, 1.165) is 35.4 Å². The van der Waals surface area contributed by atoms with Gasteiger partial charge in [-0.2, -0.15) is 0 Å². The molecule has 0 saturated carbocycles. The van der Waals surface area contributed by atoms with Gasteiger partial charge in [-0.05, 0) is 62.4 Å². The summed E-state index contributed by atoms with van der Waals surface area (Å²) in [6.45, 7) is 13.6. The molecule has 3 heterocycles. The molecule has 0 aliphatic carbocycles. The third-order valence-corrected chi connectivity index (χ3v) is 4.76. The quantitative estimate of drug-likeness (QED) is 0.664. The highest BCUT2D eigenvalue weighted by molar-refractivity contribution is 5.85. The maximum absolute atomic E-state index is 7.57. The Morgan fingerprint density at radius 2 is 1.82 bits per heavy atom. The molecule has 0 unspecified atom stereocenters. The lowest BCUT2D eigenvalue weighted by Crippen LogP contribution is -2.01. The monoisotopic (exact) mass is 383 g/mol. The van der Waals surface area contributed by atoms with E-state index in [1.54, 1.807) is 14.0 Å². The second-order valence-corrected chi connectivity index (χ2v) is 7.08. The van der Waals surface area contributed by atoms with E-state index in [1.807, 2.05) is 0 Å². The van der Waals surface area contributed by atoms with Gasteiger partial charge < -0.3 is 14.4 Å². The molecule has 5 nitrogen and oxygen atoms in total. The summed E-state index contributed by atoms with van der Waals surface area (Å²) in [4.78, 5) is 9.73. The van der Waals surface area contributed by atoms with E-state index in [-0.39, 0.29) is 6.61 Å². The minimum atomic E-state index is 0.250. The zero-order chi connectivity index (χ0) is 20.8. The number of aryl methyl sites for hydroxylation is 3. The van der Waals surface area contributed by atoms with Crippen molar-refractivity contribution in [3.8, 4) is 17.1 Å². The van der Waals surface area contributed by atoms with E-state index >= 15 is 0 Å². The third kappa shape index (κ3) is 4.36. The van der Waals surface area contributed by atoms with E-state index < -0.39 is 0 Å². The van der Waals surface area contributed by atoms with Gasteiger partial charge in [0.2, 0.25) is 5.88 Å². The summed E-state index contributed by atoms with van der Waals surface area (Å²) in [5.74, 6) is 1.02. The normalized spacial score (nSPS) is 10.9. The van der Waals surface area contributed by atoms with Crippen LogP contribution in [-0.2, 0) is 13.0 Å². The van der Waals surface area contributed by atoms with Crippen LogP contribution in [0.5, 0.6) is 5.88 Å². The number of methoxy groups -OCH3 is 1. The molecule has 0 saturated heterocycles. The molecule has 1 N–H and O–H groups in total. The van der Waals surface area contributed by atoms with Gasteiger partial charge in [0.1, 0.15) is 0 Å². The van der Waals surface area contributed by atoms with Crippen LogP contribution >= 0.6 is 0 Å². The molecule has 0 bridgehead atoms. The van der Waals surface area contributed by atoms with Crippen molar-refractivity contribution < 1.29 is 9.84 Å². The van der Waals surface area contributed by atoms with Crippen LogP contribution in [0.3, 0.4) is 0 Å². The molecule has 0 aliphatic rings. The predicted molar refractivity (Wildman–Crippen MR) is 116 cm³/mol. The fourth-order valence-corrected chi connectivity index (χ4v) is 3.29. The topological polar surface area (TPSA) is 60.2 Å². The number of hydrogen-bond donors (Lipinski definition) is 1. The number of aliphatic hydroxyl groups excluding tert-OH is 1. The highest BCUT2D eigenvalue weighted by Gasteiger charge is 2.17. The van der Waals surface area contributed by atoms with E-state index in [0.29, 0.717) is 11.8 Å². The van der Waals surface area contributed by atoms with Gasteiger partial charge in [0.25, 0.3) is 0 Å². The predicted octanol–water partition coefficient (Wildman–Crippen LogP) is 5.12. The molecule has 3 rings (SSSR count). The van der Waals surface area contributed by atoms with Gasteiger partial charge in [-0.25, -0.2) is 9.97 Å². The number of ether oxygens (including phenoxy) is 1. The minimum absolute atomic E-state index is 0.250. The molecular formula is C23H33N3O2. The standard InChI is InChI=1S/C21H27N3O.C2H6O/c1-7-15-11-18-19(14(5)12-24(18)8-2)23-20(15)16-9-10-17(13(3)4)22-21(16)25-6;1-2-3/h9-13H,7-8H2,1-6H3;3H,2H2,1H3. The summed E-state index contributed by atoms with van der Waals surface area (Å²) in [6.07, 6.45) is 3.10. The number of fused-ring (bicyclic) bond motifs is 1. The summed E-state index contributed by atoms with van der Waals surface area (Å²) in [7, 11) is 1.68. The van der Waals surface area contributed by atoms with Gasteiger partial charge >= 0.3 is 0 Å². The van der Waals surface area contributed by atoms with Crippen LogP contribution in [0.25, 0.3) is 22.3 Å². The summed E-state index contributed by atoms with van der Waals surface area (Å²) in [5.41, 5.74) is 7.66. The van der Waals surface area contributed by atoms with Crippen LogP contribution in [0, 0.1) is 6.92 Å². The third-order valence-electron chi connectivity index (χ3n) is 4.76. The molecule has 3 aromatic heterocycles. The first kappa shape index (κ1) is 21.9. The van der Waals surface area contributed by atoms with Crippen LogP contribution in [-0.4, -0.2) is 33.4 Å². The summed E-state index contributed by atoms with van der Waals surface area (Å²) in [6, 6.07) is 6.45. The first-order valence-corrected chi connectivity index (χ1v) is 10.1. The molecule has 28 heavy (non-hydrogen) atoms. The highest BCUT2D eigenvalue weighted by Crippen LogP contribution is 2.34. The number of rotatable bonds is 5. The van der Waals surface area contributed by atoms with E-state index in [9.17, 15) is 0 Å². The van der Waals surface area contributed by atoms with Gasteiger partial charge in [0, 0.05) is 25.0 Å². The molecule has 152 valence electrons. The Balaban J connectivity index is 0.000000878. The maximum atomic E-state index is 7.57. The summed E-state index contributed by atoms with van der Waals surface area (Å²) >= 11 is 0. The summed E-state index contributed by atoms with van der Waals surface area (Å²) < 4.78 is 7.86. The Hall–Kier alpha value is -2.40. The molecule has 0 amide bonds. The van der Waals surface area contributed by atoms with Gasteiger partial charge in [0.05, 0.1) is 29.4 Å². The zero-order valence-corrected chi connectivity index (χ0v) is 18.2. The molecule has 0 radical (unpaired) electrons. The molecule has 3 aromatic rings. The Morgan fingerprint density at radius 1 is 1.14 bits per heavy atom. The van der Waals surface area contributed by atoms with Crippen molar-refractivity contribution in [2.75, 3.05) is 13.7 Å². The maximum Gasteiger partial charge on any atom is 0.222 e. The fourth-order valence-electron chi connectivity index (χ4n) is 3.29. The second-order valence-electron chi connectivity index (χ2n) is 7.08. The number of hydrogen-bond acceptors (Lipinski definition) is 4. The number of aromatic nitrogens is 3. The van der Waals surface area contributed by atoms with E-state index in [1.165, 1.54) is 16.6 Å². The fraction of sp³-hybridized carbons (Fsp3) is 0.478. The number of aliphatic hydroxyl groups is 1. The van der Waals surface area contributed by atoms with Crippen molar-refractivity contribution in [1.82, 2.24) is 14.5 Å². The van der Waals surface area contributed by atoms with Gasteiger partial charge in [-0.1, -0.05) is 20.8 Å². The molecular weight excluding hydrogens is 350 g/mol. The first-order valence-electron chi connectivity index (χ1n) is 10.1. The molecule has 0 spiro atoms. The van der Waals surface area contributed by atoms with Crippen LogP contribution in [0.1, 0.15) is 57.4 Å². The minimum Gasteiger partial charge on any atom is -0.480 e. The molecule has 0 fully saturated rings. The van der Waals surface area contributed by atoms with Crippen molar-refractivity contribution in [2.24, 2.45) is 0 Å². The Bertz CT molecular complexity index is 929. The van der Waals surface area contributed by atoms with Crippen LogP contribution in [0.15, 0.2) is 24.4 Å². The first-order chi connectivity index (χ1) is 13.4. The van der Waals surface area contributed by atoms with Crippen LogP contribution in [0.4, 0.5) is 0 Å². The van der Waals surface area contributed by atoms with Crippen molar-refractivity contribution >= 4 is 11.0 Å². The second kappa shape index (κ2) is 9.69. The lowest BCUT2D eigenvalue weighted by atomic mass is 10.0. The van der Waals surface area contributed by atoms with E-state index in [2.05, 4.69) is 63.6 Å². The smallest absolute Gasteiger partial charge is 0.222 e. The lowest BCUT2D eigenvalue weighted by Gasteiger charge is -2.14. The SMILES string of the molecule is CCO.CCc1cc2c(nc1-c1ccc(C(C)C)nc1OC)c(C)cn2CC. The number of pyridine rings is 2. The molecule has 0 atom stereocenters. The van der Waals surface area contributed by atoms with Crippen molar-refractivity contribution in [3.63, 3.8) is 0 Å². The number of nitrogens with zero attached hydrogens (tertiary/aromatic N) is 3. The van der Waals surface area contributed by atoms with Gasteiger partial charge in [0.15, 0.2) is 0 Å². The highest BCUT2D eigenvalue weighted by atomic mass is 16.5. The zero-order valence-electron chi connectivity index (χ0n) is 18.2. The Labute approximate surface area is 168 Å². The van der Waals surface area contributed by atoms with Crippen molar-refractivity contribution in [3.05, 3.63) is 41.2 Å². The molecule has 5 heteroatoms. The average Bonchev–Trinajstić information content (AvgIpc) is 3.01. The van der Waals surface area contributed by atoms with E-state index in [4.69, 9.17) is 19.8 Å². The average molecular weight is 384 g/mol. The van der Waals surface area contributed by atoms with Gasteiger partial charge in [-0.3, -0.25) is 0 Å². The lowest BCUT2D eigenvalue weighted by molar-refractivity contribution is 0.318. The van der Waals surface area contributed by atoms with Gasteiger partial charge in [-0.15, -0.1) is 0 Å². The van der Waals surface area contributed by atoms with Crippen LogP contribution < -0.4 is 4.74 Å². The molecule has 0 aliphatic heterocycles. The Kier molecular flexibility index (Phi) is 7.58. The summed E-state index contributed by atoms with van der Waals surface area (Å²) in [5, 5.41) is 7.57. The van der Waals surface area contributed by atoms with Crippen LogP contribution in [0.2, 0.25) is 0 Å². The van der Waals surface area contributed by atoms with Crippen molar-refractivity contribution in [1.29, 1.82) is 0 Å². The largest absolute Gasteiger partial charge is 0.480 e. The Morgan fingerprint density at radius 3 is 2.36 bits per heavy atom. The van der Waals surface area contributed by atoms with Crippen molar-refractivity contribution in [2.45, 2.75) is 60.4 Å². The molecule has 0 aromatic carbocycles.